The maximum absolute atomic E-state index is 5.62. The highest BCUT2D eigenvalue weighted by molar-refractivity contribution is 4.91. The number of nitrogens with zero attached hydrogens (tertiary/aromatic N) is 1. The van der Waals surface area contributed by atoms with Gasteiger partial charge < -0.3 is 19.7 Å². The molecule has 1 saturated carbocycles. The van der Waals surface area contributed by atoms with Gasteiger partial charge >= 0.3 is 0 Å². The van der Waals surface area contributed by atoms with Crippen LogP contribution in [0, 0.1) is 11.3 Å². The highest BCUT2D eigenvalue weighted by Crippen LogP contribution is 2.33. The summed E-state index contributed by atoms with van der Waals surface area (Å²) in [6.45, 7) is 7.80. The standard InChI is InChI=1S/C17H32N2O2/c1-20-12-15-4-8-19(9-5-15)14-17(6-10-21-11-7-17)13-18-16-2-3-16/h15-16,18H,2-14H2,1H3. The van der Waals surface area contributed by atoms with Crippen molar-refractivity contribution in [1.82, 2.24) is 10.2 Å². The molecule has 0 aromatic carbocycles. The van der Waals surface area contributed by atoms with Crippen LogP contribution in [0.15, 0.2) is 0 Å². The van der Waals surface area contributed by atoms with Crippen molar-refractivity contribution in [3.63, 3.8) is 0 Å². The Bertz CT molecular complexity index is 306. The molecular formula is C17H32N2O2. The Kier molecular flexibility index (Phi) is 5.54. The van der Waals surface area contributed by atoms with Crippen LogP contribution in [-0.4, -0.2) is 64.1 Å². The van der Waals surface area contributed by atoms with Gasteiger partial charge in [-0.3, -0.25) is 0 Å². The fraction of sp³-hybridized carbons (Fsp3) is 1.00. The summed E-state index contributed by atoms with van der Waals surface area (Å²) in [4.78, 5) is 2.70. The maximum Gasteiger partial charge on any atom is 0.0491 e. The molecule has 4 nitrogen and oxygen atoms in total. The van der Waals surface area contributed by atoms with Crippen molar-refractivity contribution < 1.29 is 9.47 Å². The summed E-state index contributed by atoms with van der Waals surface area (Å²) in [5, 5.41) is 3.78. The molecule has 2 saturated heterocycles. The van der Waals surface area contributed by atoms with Gasteiger partial charge in [-0.15, -0.1) is 0 Å². The summed E-state index contributed by atoms with van der Waals surface area (Å²) in [6.07, 6.45) is 7.83. The van der Waals surface area contributed by atoms with E-state index in [1.165, 1.54) is 64.7 Å². The van der Waals surface area contributed by atoms with Crippen LogP contribution in [0.4, 0.5) is 0 Å². The molecule has 0 unspecified atom stereocenters. The number of hydrogen-bond donors (Lipinski definition) is 1. The van der Waals surface area contributed by atoms with Crippen LogP contribution in [-0.2, 0) is 9.47 Å². The molecule has 2 heterocycles. The van der Waals surface area contributed by atoms with E-state index >= 15 is 0 Å². The molecule has 0 amide bonds. The average molecular weight is 296 g/mol. The van der Waals surface area contributed by atoms with Crippen molar-refractivity contribution in [2.45, 2.75) is 44.6 Å². The lowest BCUT2D eigenvalue weighted by atomic mass is 9.79. The van der Waals surface area contributed by atoms with E-state index in [2.05, 4.69) is 10.2 Å². The number of nitrogens with one attached hydrogen (secondary N) is 1. The number of hydrogen-bond acceptors (Lipinski definition) is 4. The van der Waals surface area contributed by atoms with E-state index in [-0.39, 0.29) is 0 Å². The molecular weight excluding hydrogens is 264 g/mol. The molecule has 4 heteroatoms. The summed E-state index contributed by atoms with van der Waals surface area (Å²) >= 11 is 0. The van der Waals surface area contributed by atoms with Gasteiger partial charge in [0, 0.05) is 46.1 Å². The third kappa shape index (κ3) is 4.65. The normalized spacial score (nSPS) is 27.9. The van der Waals surface area contributed by atoms with Crippen molar-refractivity contribution in [3.05, 3.63) is 0 Å². The van der Waals surface area contributed by atoms with E-state index in [0.29, 0.717) is 5.41 Å². The summed E-state index contributed by atoms with van der Waals surface area (Å²) in [7, 11) is 1.83. The van der Waals surface area contributed by atoms with Crippen molar-refractivity contribution in [3.8, 4) is 0 Å². The zero-order chi connectivity index (χ0) is 14.5. The molecule has 2 aliphatic heterocycles. The Morgan fingerprint density at radius 2 is 1.86 bits per heavy atom. The number of methoxy groups -OCH3 is 1. The molecule has 3 rings (SSSR count). The first-order chi connectivity index (χ1) is 10.3. The van der Waals surface area contributed by atoms with Gasteiger partial charge in [0.2, 0.25) is 0 Å². The molecule has 0 radical (unpaired) electrons. The van der Waals surface area contributed by atoms with E-state index in [1.807, 2.05) is 7.11 Å². The van der Waals surface area contributed by atoms with Crippen LogP contribution in [0.2, 0.25) is 0 Å². The zero-order valence-electron chi connectivity index (χ0n) is 13.6. The van der Waals surface area contributed by atoms with Gasteiger partial charge in [0.15, 0.2) is 0 Å². The second kappa shape index (κ2) is 7.40. The third-order valence-corrected chi connectivity index (χ3v) is 5.57. The van der Waals surface area contributed by atoms with Crippen LogP contribution in [0.3, 0.4) is 0 Å². The lowest BCUT2D eigenvalue weighted by Crippen LogP contribution is -2.49. The first-order valence-electron chi connectivity index (χ1n) is 8.82. The van der Waals surface area contributed by atoms with Gasteiger partial charge in [-0.1, -0.05) is 0 Å². The van der Waals surface area contributed by atoms with Gasteiger partial charge in [-0.2, -0.15) is 0 Å². The van der Waals surface area contributed by atoms with Crippen LogP contribution >= 0.6 is 0 Å². The first kappa shape index (κ1) is 15.7. The minimum Gasteiger partial charge on any atom is -0.384 e. The largest absolute Gasteiger partial charge is 0.384 e. The monoisotopic (exact) mass is 296 g/mol. The topological polar surface area (TPSA) is 33.7 Å². The molecule has 21 heavy (non-hydrogen) atoms. The van der Waals surface area contributed by atoms with Crippen LogP contribution in [0.5, 0.6) is 0 Å². The Balaban J connectivity index is 1.49. The summed E-state index contributed by atoms with van der Waals surface area (Å²) in [5.74, 6) is 0.779. The van der Waals surface area contributed by atoms with Crippen molar-refractivity contribution >= 4 is 0 Å². The van der Waals surface area contributed by atoms with E-state index in [4.69, 9.17) is 9.47 Å². The molecule has 0 bridgehead atoms. The highest BCUT2D eigenvalue weighted by Gasteiger charge is 2.36. The van der Waals surface area contributed by atoms with Crippen LogP contribution in [0.25, 0.3) is 0 Å². The molecule has 0 atom stereocenters. The maximum atomic E-state index is 5.62. The van der Waals surface area contributed by atoms with Gasteiger partial charge in [0.25, 0.3) is 0 Å². The van der Waals surface area contributed by atoms with Gasteiger partial charge in [-0.25, -0.2) is 0 Å². The Labute approximate surface area is 129 Å². The van der Waals surface area contributed by atoms with Gasteiger partial charge in [0.1, 0.15) is 0 Å². The van der Waals surface area contributed by atoms with Crippen molar-refractivity contribution in [1.29, 1.82) is 0 Å². The van der Waals surface area contributed by atoms with Gasteiger partial charge in [0.05, 0.1) is 0 Å². The van der Waals surface area contributed by atoms with Crippen molar-refractivity contribution in [2.75, 3.05) is 53.1 Å². The molecule has 122 valence electrons. The summed E-state index contributed by atoms with van der Waals surface area (Å²) < 4.78 is 10.9. The zero-order valence-corrected chi connectivity index (χ0v) is 13.6. The number of piperidine rings is 1. The lowest BCUT2D eigenvalue weighted by Gasteiger charge is -2.43. The Hall–Kier alpha value is -0.160. The van der Waals surface area contributed by atoms with Crippen molar-refractivity contribution in [2.24, 2.45) is 11.3 Å². The smallest absolute Gasteiger partial charge is 0.0491 e. The fourth-order valence-electron chi connectivity index (χ4n) is 3.86. The molecule has 1 aliphatic carbocycles. The van der Waals surface area contributed by atoms with Gasteiger partial charge in [-0.05, 0) is 62.9 Å². The SMILES string of the molecule is COCC1CCN(CC2(CNC3CC3)CCOCC2)CC1. The number of likely N-dealkylation sites (tertiary alicyclic amines) is 1. The number of ether oxygens (including phenoxy) is 2. The molecule has 3 fully saturated rings. The van der Waals surface area contributed by atoms with Crippen LogP contribution < -0.4 is 5.32 Å². The average Bonchev–Trinajstić information content (AvgIpc) is 3.33. The second-order valence-corrected chi connectivity index (χ2v) is 7.44. The lowest BCUT2D eigenvalue weighted by molar-refractivity contribution is -0.0123. The molecule has 0 aromatic rings. The summed E-state index contributed by atoms with van der Waals surface area (Å²) in [5.41, 5.74) is 0.453. The predicted octanol–water partition coefficient (Wildman–Crippen LogP) is 1.89. The molecule has 3 aliphatic rings. The summed E-state index contributed by atoms with van der Waals surface area (Å²) in [6, 6.07) is 0.817. The predicted molar refractivity (Wildman–Crippen MR) is 84.6 cm³/mol. The van der Waals surface area contributed by atoms with E-state index in [9.17, 15) is 0 Å². The quantitative estimate of drug-likeness (QED) is 0.778. The second-order valence-electron chi connectivity index (χ2n) is 7.44. The highest BCUT2D eigenvalue weighted by atomic mass is 16.5. The van der Waals surface area contributed by atoms with E-state index < -0.39 is 0 Å². The fourth-order valence-corrected chi connectivity index (χ4v) is 3.86. The van der Waals surface area contributed by atoms with E-state index in [1.54, 1.807) is 0 Å². The first-order valence-corrected chi connectivity index (χ1v) is 8.82. The Morgan fingerprint density at radius 1 is 1.14 bits per heavy atom. The minimum atomic E-state index is 0.453. The molecule has 0 spiro atoms. The van der Waals surface area contributed by atoms with E-state index in [0.717, 1.165) is 31.8 Å². The Morgan fingerprint density at radius 3 is 2.48 bits per heavy atom. The minimum absolute atomic E-state index is 0.453. The molecule has 1 N–H and O–H groups in total. The van der Waals surface area contributed by atoms with Crippen LogP contribution in [0.1, 0.15) is 38.5 Å². The molecule has 0 aromatic heterocycles. The number of rotatable bonds is 7. The third-order valence-electron chi connectivity index (χ3n) is 5.57.